The summed E-state index contributed by atoms with van der Waals surface area (Å²) < 4.78 is 12.9. The van der Waals surface area contributed by atoms with Crippen molar-refractivity contribution < 1.29 is 4.39 Å². The third-order valence-corrected chi connectivity index (χ3v) is 3.70. The predicted molar refractivity (Wildman–Crippen MR) is 71.0 cm³/mol. The number of hydrogen-bond acceptors (Lipinski definition) is 2. The molecule has 1 unspecified atom stereocenters. The average molecular weight is 249 g/mol. The first kappa shape index (κ1) is 12.3. The lowest BCUT2D eigenvalue weighted by Crippen LogP contribution is -2.22. The molecular weight excluding hydrogens is 233 g/mol. The van der Waals surface area contributed by atoms with Crippen LogP contribution in [-0.2, 0) is 0 Å². The first-order valence-corrected chi connectivity index (χ1v) is 6.68. The van der Waals surface area contributed by atoms with E-state index in [-0.39, 0.29) is 11.9 Å². The monoisotopic (exact) mass is 249 g/mol. The van der Waals surface area contributed by atoms with Crippen molar-refractivity contribution in [3.63, 3.8) is 0 Å². The van der Waals surface area contributed by atoms with Gasteiger partial charge in [-0.05, 0) is 53.1 Å². The fourth-order valence-corrected chi connectivity index (χ4v) is 2.81. The van der Waals surface area contributed by atoms with Crippen LogP contribution < -0.4 is 5.32 Å². The maximum absolute atomic E-state index is 12.9. The van der Waals surface area contributed by atoms with Crippen LogP contribution in [0.3, 0.4) is 0 Å². The van der Waals surface area contributed by atoms with Gasteiger partial charge in [0.15, 0.2) is 0 Å². The van der Waals surface area contributed by atoms with Crippen molar-refractivity contribution in [3.05, 3.63) is 57.5 Å². The molecule has 0 aliphatic rings. The van der Waals surface area contributed by atoms with Gasteiger partial charge in [0.1, 0.15) is 5.82 Å². The minimum atomic E-state index is -0.189. The molecule has 0 spiro atoms. The third kappa shape index (κ3) is 2.73. The maximum Gasteiger partial charge on any atom is 0.123 e. The Morgan fingerprint density at radius 3 is 2.47 bits per heavy atom. The quantitative estimate of drug-likeness (QED) is 0.866. The largest absolute Gasteiger partial charge is 0.306 e. The molecule has 17 heavy (non-hydrogen) atoms. The zero-order valence-corrected chi connectivity index (χ0v) is 10.9. The van der Waals surface area contributed by atoms with Crippen LogP contribution in [0.25, 0.3) is 0 Å². The Hall–Kier alpha value is -1.19. The van der Waals surface area contributed by atoms with E-state index in [9.17, 15) is 4.39 Å². The van der Waals surface area contributed by atoms with E-state index < -0.39 is 0 Å². The van der Waals surface area contributed by atoms with E-state index in [2.05, 4.69) is 29.9 Å². The molecular formula is C14H16FNS. The molecule has 0 aliphatic heterocycles. The summed E-state index contributed by atoms with van der Waals surface area (Å²) in [5.74, 6) is -0.189. The Morgan fingerprint density at radius 2 is 1.94 bits per heavy atom. The minimum absolute atomic E-state index is 0.159. The van der Waals surface area contributed by atoms with Crippen molar-refractivity contribution >= 4 is 11.3 Å². The molecule has 1 N–H and O–H groups in total. The van der Waals surface area contributed by atoms with Crippen molar-refractivity contribution in [2.24, 2.45) is 0 Å². The second-order valence-corrected chi connectivity index (χ2v) is 4.80. The third-order valence-electron chi connectivity index (χ3n) is 2.82. The zero-order valence-electron chi connectivity index (χ0n) is 10.0. The van der Waals surface area contributed by atoms with E-state index in [4.69, 9.17) is 0 Å². The number of benzene rings is 1. The van der Waals surface area contributed by atoms with Gasteiger partial charge in [0.05, 0.1) is 6.04 Å². The number of halogens is 1. The van der Waals surface area contributed by atoms with E-state index in [1.54, 1.807) is 11.3 Å². The van der Waals surface area contributed by atoms with Gasteiger partial charge in [-0.3, -0.25) is 0 Å². The van der Waals surface area contributed by atoms with Gasteiger partial charge < -0.3 is 5.32 Å². The molecule has 90 valence electrons. The highest BCUT2D eigenvalue weighted by Gasteiger charge is 2.15. The summed E-state index contributed by atoms with van der Waals surface area (Å²) in [4.78, 5) is 0. The standard InChI is InChI=1S/C14H16FNS/c1-3-16-14(13-9-17-8-10(13)2)11-4-6-12(15)7-5-11/h4-9,14,16H,3H2,1-2H3. The van der Waals surface area contributed by atoms with Crippen LogP contribution in [0.5, 0.6) is 0 Å². The lowest BCUT2D eigenvalue weighted by Gasteiger charge is -2.18. The molecule has 0 radical (unpaired) electrons. The molecule has 0 saturated carbocycles. The second kappa shape index (κ2) is 5.43. The molecule has 0 fully saturated rings. The number of aryl methyl sites for hydroxylation is 1. The second-order valence-electron chi connectivity index (χ2n) is 4.05. The van der Waals surface area contributed by atoms with Crippen LogP contribution in [0.2, 0.25) is 0 Å². The normalized spacial score (nSPS) is 12.6. The van der Waals surface area contributed by atoms with Gasteiger partial charge in [-0.25, -0.2) is 4.39 Å². The molecule has 0 saturated heterocycles. The average Bonchev–Trinajstić information content (AvgIpc) is 2.74. The van der Waals surface area contributed by atoms with Crippen LogP contribution in [-0.4, -0.2) is 6.54 Å². The van der Waals surface area contributed by atoms with Gasteiger partial charge in [0.25, 0.3) is 0 Å². The highest BCUT2D eigenvalue weighted by molar-refractivity contribution is 7.08. The smallest absolute Gasteiger partial charge is 0.123 e. The SMILES string of the molecule is CCNC(c1ccc(F)cc1)c1cscc1C. The molecule has 0 aliphatic carbocycles. The number of rotatable bonds is 4. The Bertz CT molecular complexity index is 475. The summed E-state index contributed by atoms with van der Waals surface area (Å²) in [5, 5.41) is 7.75. The van der Waals surface area contributed by atoms with Crippen LogP contribution in [0, 0.1) is 12.7 Å². The molecule has 0 bridgehead atoms. The van der Waals surface area contributed by atoms with Gasteiger partial charge in [0.2, 0.25) is 0 Å². The summed E-state index contributed by atoms with van der Waals surface area (Å²) in [7, 11) is 0. The summed E-state index contributed by atoms with van der Waals surface area (Å²) in [6, 6.07) is 6.88. The van der Waals surface area contributed by atoms with Crippen molar-refractivity contribution in [2.45, 2.75) is 19.9 Å². The minimum Gasteiger partial charge on any atom is -0.306 e. The predicted octanol–water partition coefficient (Wildman–Crippen LogP) is 3.89. The highest BCUT2D eigenvalue weighted by Crippen LogP contribution is 2.27. The van der Waals surface area contributed by atoms with Crippen molar-refractivity contribution in [1.82, 2.24) is 5.32 Å². The number of thiophene rings is 1. The Kier molecular flexibility index (Phi) is 3.92. The van der Waals surface area contributed by atoms with Crippen LogP contribution >= 0.6 is 11.3 Å². The lowest BCUT2D eigenvalue weighted by molar-refractivity contribution is 0.613. The number of nitrogens with one attached hydrogen (secondary N) is 1. The molecule has 0 amide bonds. The lowest BCUT2D eigenvalue weighted by atomic mass is 9.98. The van der Waals surface area contributed by atoms with Gasteiger partial charge in [-0.1, -0.05) is 19.1 Å². The first-order chi connectivity index (χ1) is 8.22. The van der Waals surface area contributed by atoms with Gasteiger partial charge in [-0.15, -0.1) is 0 Å². The Labute approximate surface area is 105 Å². The molecule has 1 nitrogen and oxygen atoms in total. The molecule has 2 rings (SSSR count). The first-order valence-electron chi connectivity index (χ1n) is 5.74. The molecule has 1 atom stereocenters. The van der Waals surface area contributed by atoms with E-state index in [0.717, 1.165) is 12.1 Å². The summed E-state index contributed by atoms with van der Waals surface area (Å²) in [5.41, 5.74) is 3.67. The fraction of sp³-hybridized carbons (Fsp3) is 0.286. The summed E-state index contributed by atoms with van der Waals surface area (Å²) in [6.45, 7) is 5.08. The van der Waals surface area contributed by atoms with E-state index in [1.807, 2.05) is 12.1 Å². The molecule has 1 aromatic carbocycles. The fourth-order valence-electron chi connectivity index (χ4n) is 1.93. The molecule has 1 heterocycles. The van der Waals surface area contributed by atoms with Crippen LogP contribution in [0.1, 0.15) is 29.7 Å². The van der Waals surface area contributed by atoms with Gasteiger partial charge in [0, 0.05) is 0 Å². The van der Waals surface area contributed by atoms with Crippen molar-refractivity contribution in [3.8, 4) is 0 Å². The zero-order chi connectivity index (χ0) is 12.3. The van der Waals surface area contributed by atoms with Gasteiger partial charge >= 0.3 is 0 Å². The van der Waals surface area contributed by atoms with Gasteiger partial charge in [-0.2, -0.15) is 11.3 Å². The summed E-state index contributed by atoms with van der Waals surface area (Å²) in [6.07, 6.45) is 0. The summed E-state index contributed by atoms with van der Waals surface area (Å²) >= 11 is 1.70. The Morgan fingerprint density at radius 1 is 1.24 bits per heavy atom. The Balaban J connectivity index is 2.35. The maximum atomic E-state index is 12.9. The van der Waals surface area contributed by atoms with E-state index in [1.165, 1.54) is 23.3 Å². The molecule has 1 aromatic heterocycles. The number of hydrogen-bond donors (Lipinski definition) is 1. The van der Waals surface area contributed by atoms with E-state index >= 15 is 0 Å². The molecule has 3 heteroatoms. The van der Waals surface area contributed by atoms with Crippen LogP contribution in [0.15, 0.2) is 35.0 Å². The van der Waals surface area contributed by atoms with E-state index in [0.29, 0.717) is 0 Å². The highest BCUT2D eigenvalue weighted by atomic mass is 32.1. The molecule has 2 aromatic rings. The van der Waals surface area contributed by atoms with Crippen molar-refractivity contribution in [2.75, 3.05) is 6.54 Å². The van der Waals surface area contributed by atoms with Crippen molar-refractivity contribution in [1.29, 1.82) is 0 Å². The topological polar surface area (TPSA) is 12.0 Å². The van der Waals surface area contributed by atoms with Crippen LogP contribution in [0.4, 0.5) is 4.39 Å².